The van der Waals surface area contributed by atoms with E-state index in [1.807, 2.05) is 0 Å². The molecule has 1 amide bonds. The zero-order valence-corrected chi connectivity index (χ0v) is 12.1. The molecule has 0 unspecified atom stereocenters. The highest BCUT2D eigenvalue weighted by Gasteiger charge is 2.44. The number of piperidine rings is 1. The summed E-state index contributed by atoms with van der Waals surface area (Å²) >= 11 is 5.24. The van der Waals surface area contributed by atoms with Crippen LogP contribution in [0.2, 0.25) is 0 Å². The average molecular weight is 296 g/mol. The van der Waals surface area contributed by atoms with Crippen LogP contribution in [-0.4, -0.2) is 47.4 Å². The quantitative estimate of drug-likeness (QED) is 0.580. The van der Waals surface area contributed by atoms with E-state index in [0.717, 1.165) is 0 Å². The van der Waals surface area contributed by atoms with E-state index in [9.17, 15) is 14.0 Å². The van der Waals surface area contributed by atoms with Gasteiger partial charge in [-0.1, -0.05) is 11.6 Å². The highest BCUT2D eigenvalue weighted by atomic mass is 35.5. The summed E-state index contributed by atoms with van der Waals surface area (Å²) < 4.78 is 23.9. The molecule has 1 saturated heterocycles. The number of halogens is 2. The minimum Gasteiger partial charge on any atom is -0.447 e. The van der Waals surface area contributed by atoms with Crippen LogP contribution in [0.25, 0.3) is 0 Å². The molecule has 1 heterocycles. The Morgan fingerprint density at radius 2 is 1.84 bits per heavy atom. The monoisotopic (exact) mass is 295 g/mol. The summed E-state index contributed by atoms with van der Waals surface area (Å²) in [6.45, 7) is 5.50. The van der Waals surface area contributed by atoms with Crippen LogP contribution in [0.1, 0.15) is 33.6 Å². The van der Waals surface area contributed by atoms with Gasteiger partial charge in [0.05, 0.1) is 0 Å². The summed E-state index contributed by atoms with van der Waals surface area (Å²) in [7, 11) is 0. The highest BCUT2D eigenvalue weighted by molar-refractivity contribution is 6.17. The van der Waals surface area contributed by atoms with Crippen LogP contribution < -0.4 is 0 Å². The van der Waals surface area contributed by atoms with Crippen LogP contribution in [-0.2, 0) is 14.3 Å². The number of ether oxygens (including phenoxy) is 2. The highest BCUT2D eigenvalue weighted by Crippen LogP contribution is 2.29. The van der Waals surface area contributed by atoms with E-state index in [1.165, 1.54) is 4.90 Å². The van der Waals surface area contributed by atoms with Gasteiger partial charge in [-0.15, -0.1) is 0 Å². The van der Waals surface area contributed by atoms with E-state index in [1.54, 1.807) is 20.8 Å². The number of alkyl halides is 2. The van der Waals surface area contributed by atoms with E-state index < -0.39 is 23.3 Å². The van der Waals surface area contributed by atoms with Crippen molar-refractivity contribution >= 4 is 23.7 Å². The second-order valence-corrected chi connectivity index (χ2v) is 5.69. The molecular weight excluding hydrogens is 277 g/mol. The van der Waals surface area contributed by atoms with Gasteiger partial charge in [0.15, 0.2) is 6.07 Å². The van der Waals surface area contributed by atoms with Gasteiger partial charge < -0.3 is 14.4 Å². The Morgan fingerprint density at radius 1 is 1.32 bits per heavy atom. The molecule has 0 bridgehead atoms. The molecule has 0 aromatic carbocycles. The summed E-state index contributed by atoms with van der Waals surface area (Å²) in [5, 5.41) is 0. The first-order valence-electron chi connectivity index (χ1n) is 6.08. The number of carbonyl (C=O) groups excluding carboxylic acids is 2. The van der Waals surface area contributed by atoms with Crippen molar-refractivity contribution in [2.45, 2.75) is 44.9 Å². The van der Waals surface area contributed by atoms with Crippen molar-refractivity contribution in [2.75, 3.05) is 19.2 Å². The van der Waals surface area contributed by atoms with E-state index >= 15 is 0 Å². The van der Waals surface area contributed by atoms with Crippen molar-refractivity contribution in [3.63, 3.8) is 0 Å². The van der Waals surface area contributed by atoms with Crippen molar-refractivity contribution in [3.8, 4) is 0 Å². The molecule has 0 N–H and O–H groups in total. The molecule has 0 saturated carbocycles. The summed E-state index contributed by atoms with van der Waals surface area (Å²) in [6, 6.07) is -0.375. The second kappa shape index (κ2) is 5.94. The van der Waals surface area contributed by atoms with Crippen LogP contribution >= 0.6 is 11.6 Å². The van der Waals surface area contributed by atoms with Crippen LogP contribution in [0, 0.1) is 0 Å². The lowest BCUT2D eigenvalue weighted by molar-refractivity contribution is -0.159. The standard InChI is InChI=1S/C12H19ClFNO4/c1-11(2,3)19-10(17)15-6-4-12(14,5-7-15)9(16)18-8-13/h4-8H2,1-3H3. The van der Waals surface area contributed by atoms with E-state index in [4.69, 9.17) is 16.3 Å². The Labute approximate surface area is 117 Å². The first-order chi connectivity index (χ1) is 8.68. The van der Waals surface area contributed by atoms with Crippen molar-refractivity contribution in [1.29, 1.82) is 0 Å². The maximum Gasteiger partial charge on any atom is 0.410 e. The molecule has 0 atom stereocenters. The molecule has 19 heavy (non-hydrogen) atoms. The first kappa shape index (κ1) is 16.0. The molecule has 1 aliphatic rings. The molecule has 1 fully saturated rings. The Hall–Kier alpha value is -1.04. The molecule has 0 spiro atoms. The molecule has 0 aromatic rings. The molecule has 110 valence electrons. The molecule has 1 aliphatic heterocycles. The number of hydrogen-bond acceptors (Lipinski definition) is 4. The topological polar surface area (TPSA) is 55.8 Å². The fourth-order valence-electron chi connectivity index (χ4n) is 1.75. The first-order valence-corrected chi connectivity index (χ1v) is 6.61. The number of hydrogen-bond donors (Lipinski definition) is 0. The molecule has 0 aliphatic carbocycles. The van der Waals surface area contributed by atoms with Gasteiger partial charge in [0.2, 0.25) is 5.67 Å². The van der Waals surface area contributed by atoms with Gasteiger partial charge >= 0.3 is 12.1 Å². The van der Waals surface area contributed by atoms with Gasteiger partial charge in [-0.3, -0.25) is 0 Å². The van der Waals surface area contributed by atoms with Crippen LogP contribution in [0.3, 0.4) is 0 Å². The number of likely N-dealkylation sites (tertiary alicyclic amines) is 1. The smallest absolute Gasteiger partial charge is 0.410 e. The van der Waals surface area contributed by atoms with Crippen molar-refractivity contribution in [3.05, 3.63) is 0 Å². The summed E-state index contributed by atoms with van der Waals surface area (Å²) in [4.78, 5) is 24.6. The van der Waals surface area contributed by atoms with Crippen LogP contribution in [0.15, 0.2) is 0 Å². The Balaban J connectivity index is 2.53. The number of amides is 1. The fourth-order valence-corrected chi connectivity index (χ4v) is 1.85. The van der Waals surface area contributed by atoms with E-state index in [2.05, 4.69) is 4.74 Å². The predicted molar refractivity (Wildman–Crippen MR) is 67.7 cm³/mol. The van der Waals surface area contributed by atoms with Gasteiger partial charge in [-0.25, -0.2) is 14.0 Å². The van der Waals surface area contributed by atoms with Crippen LogP contribution in [0.5, 0.6) is 0 Å². The third-order valence-corrected chi connectivity index (χ3v) is 2.87. The molecular formula is C12H19ClFNO4. The van der Waals surface area contributed by atoms with Crippen molar-refractivity contribution < 1.29 is 23.5 Å². The van der Waals surface area contributed by atoms with E-state index in [0.29, 0.717) is 0 Å². The zero-order valence-electron chi connectivity index (χ0n) is 11.4. The summed E-state index contributed by atoms with van der Waals surface area (Å²) in [5.74, 6) is -0.966. The van der Waals surface area contributed by atoms with Crippen molar-refractivity contribution in [2.24, 2.45) is 0 Å². The maximum atomic E-state index is 14.2. The van der Waals surface area contributed by atoms with Gasteiger partial charge in [0.1, 0.15) is 5.60 Å². The van der Waals surface area contributed by atoms with Gasteiger partial charge in [-0.05, 0) is 20.8 Å². The maximum absolute atomic E-state index is 14.2. The largest absolute Gasteiger partial charge is 0.447 e. The lowest BCUT2D eigenvalue weighted by Crippen LogP contribution is -2.50. The lowest BCUT2D eigenvalue weighted by atomic mass is 9.94. The zero-order chi connectivity index (χ0) is 14.7. The minimum absolute atomic E-state index is 0.109. The molecule has 1 rings (SSSR count). The minimum atomic E-state index is -2.06. The van der Waals surface area contributed by atoms with Gasteiger partial charge in [0, 0.05) is 25.9 Å². The normalized spacial score (nSPS) is 18.9. The third kappa shape index (κ3) is 4.53. The predicted octanol–water partition coefficient (Wildman–Crippen LogP) is 2.47. The fraction of sp³-hybridized carbons (Fsp3) is 0.833. The number of esters is 1. The van der Waals surface area contributed by atoms with Gasteiger partial charge in [-0.2, -0.15) is 0 Å². The molecule has 0 radical (unpaired) electrons. The van der Waals surface area contributed by atoms with Crippen molar-refractivity contribution in [1.82, 2.24) is 4.90 Å². The number of nitrogens with zero attached hydrogens (tertiary/aromatic N) is 1. The number of carbonyl (C=O) groups is 2. The average Bonchev–Trinajstić information content (AvgIpc) is 2.27. The summed E-state index contributed by atoms with van der Waals surface area (Å²) in [6.07, 6.45) is -0.718. The Bertz CT molecular complexity index is 348. The van der Waals surface area contributed by atoms with Gasteiger partial charge in [0.25, 0.3) is 0 Å². The van der Waals surface area contributed by atoms with Crippen LogP contribution in [0.4, 0.5) is 9.18 Å². The molecule has 7 heteroatoms. The number of rotatable bonds is 2. The Morgan fingerprint density at radius 3 is 2.26 bits per heavy atom. The lowest BCUT2D eigenvalue weighted by Gasteiger charge is -2.35. The summed E-state index contributed by atoms with van der Waals surface area (Å²) in [5.41, 5.74) is -2.66. The second-order valence-electron chi connectivity index (χ2n) is 5.47. The SMILES string of the molecule is CC(C)(C)OC(=O)N1CCC(F)(C(=O)OCCl)CC1. The third-order valence-electron chi connectivity index (χ3n) is 2.76. The molecule has 0 aromatic heterocycles. The van der Waals surface area contributed by atoms with E-state index in [-0.39, 0.29) is 32.0 Å². The molecule has 5 nitrogen and oxygen atoms in total. The Kier molecular flexibility index (Phi) is 5.01.